The van der Waals surface area contributed by atoms with Crippen molar-refractivity contribution in [3.05, 3.63) is 35.2 Å². The lowest BCUT2D eigenvalue weighted by molar-refractivity contribution is 0.0943. The van der Waals surface area contributed by atoms with Gasteiger partial charge in [0.25, 0.3) is 5.91 Å². The number of nitrogens with zero attached hydrogens (tertiary/aromatic N) is 2. The molecule has 0 bridgehead atoms. The van der Waals surface area contributed by atoms with E-state index in [0.29, 0.717) is 10.6 Å². The molecule has 0 radical (unpaired) electrons. The van der Waals surface area contributed by atoms with Gasteiger partial charge < -0.3 is 5.32 Å². The number of nitrogens with one attached hydrogen (secondary N) is 1. The number of rotatable bonds is 5. The van der Waals surface area contributed by atoms with Crippen molar-refractivity contribution in [2.45, 2.75) is 32.7 Å². The highest BCUT2D eigenvalue weighted by atomic mass is 32.1. The molecule has 0 saturated carbocycles. The second-order valence-electron chi connectivity index (χ2n) is 4.48. The average molecular weight is 275 g/mol. The van der Waals surface area contributed by atoms with Crippen LogP contribution in [0.1, 0.15) is 36.4 Å². The quantitative estimate of drug-likeness (QED) is 0.912. The fourth-order valence-corrected chi connectivity index (χ4v) is 2.51. The summed E-state index contributed by atoms with van der Waals surface area (Å²) in [5.74, 6) is -0.0881. The largest absolute Gasteiger partial charge is 0.349 e. The van der Waals surface area contributed by atoms with Crippen molar-refractivity contribution in [3.8, 4) is 11.3 Å². The van der Waals surface area contributed by atoms with Crippen molar-refractivity contribution in [2.75, 3.05) is 0 Å². The summed E-state index contributed by atoms with van der Waals surface area (Å²) in [6.45, 7) is 4.12. The molecule has 0 aliphatic rings. The molecule has 2 rings (SSSR count). The van der Waals surface area contributed by atoms with Gasteiger partial charge in [-0.2, -0.15) is 0 Å². The van der Waals surface area contributed by atoms with Crippen molar-refractivity contribution in [2.24, 2.45) is 0 Å². The normalized spacial score (nSPS) is 12.1. The second kappa shape index (κ2) is 6.43. The van der Waals surface area contributed by atoms with E-state index >= 15 is 0 Å². The van der Waals surface area contributed by atoms with Gasteiger partial charge in [-0.1, -0.05) is 48.2 Å². The molecule has 1 heterocycles. The summed E-state index contributed by atoms with van der Waals surface area (Å²) < 4.78 is 3.90. The van der Waals surface area contributed by atoms with Crippen LogP contribution in [0.3, 0.4) is 0 Å². The van der Waals surface area contributed by atoms with Crippen LogP contribution in [0, 0.1) is 0 Å². The van der Waals surface area contributed by atoms with Gasteiger partial charge in [-0.3, -0.25) is 4.79 Å². The van der Waals surface area contributed by atoms with E-state index in [9.17, 15) is 4.79 Å². The van der Waals surface area contributed by atoms with Gasteiger partial charge in [-0.05, 0) is 24.9 Å². The third-order valence-electron chi connectivity index (χ3n) is 2.84. The van der Waals surface area contributed by atoms with E-state index in [0.717, 1.165) is 29.9 Å². The Bertz CT molecular complexity index is 539. The first-order valence-electron chi connectivity index (χ1n) is 6.41. The number of hydrogen-bond donors (Lipinski definition) is 1. The van der Waals surface area contributed by atoms with E-state index in [-0.39, 0.29) is 11.9 Å². The van der Waals surface area contributed by atoms with E-state index in [1.165, 1.54) is 0 Å². The number of benzene rings is 1. The Labute approximate surface area is 117 Å². The highest BCUT2D eigenvalue weighted by molar-refractivity contribution is 7.08. The average Bonchev–Trinajstić information content (AvgIpc) is 2.89. The molecular formula is C14H17N3OS. The Kier molecular flexibility index (Phi) is 4.63. The van der Waals surface area contributed by atoms with E-state index in [4.69, 9.17) is 0 Å². The van der Waals surface area contributed by atoms with E-state index in [1.807, 2.05) is 37.3 Å². The molecule has 0 unspecified atom stereocenters. The number of hydrogen-bond acceptors (Lipinski definition) is 4. The monoisotopic (exact) mass is 275 g/mol. The van der Waals surface area contributed by atoms with E-state index in [2.05, 4.69) is 21.8 Å². The van der Waals surface area contributed by atoms with Gasteiger partial charge in [0.2, 0.25) is 0 Å². The van der Waals surface area contributed by atoms with Gasteiger partial charge in [0.1, 0.15) is 10.6 Å². The minimum Gasteiger partial charge on any atom is -0.349 e. The van der Waals surface area contributed by atoms with Crippen LogP contribution < -0.4 is 5.32 Å². The van der Waals surface area contributed by atoms with Crippen LogP contribution in [-0.2, 0) is 0 Å². The molecule has 1 N–H and O–H groups in total. The summed E-state index contributed by atoms with van der Waals surface area (Å²) in [6, 6.07) is 9.83. The summed E-state index contributed by atoms with van der Waals surface area (Å²) >= 11 is 1.14. The molecule has 100 valence electrons. The third kappa shape index (κ3) is 3.38. The molecule has 4 nitrogen and oxygen atoms in total. The van der Waals surface area contributed by atoms with Crippen LogP contribution in [0.4, 0.5) is 0 Å². The molecule has 0 fully saturated rings. The lowest BCUT2D eigenvalue weighted by Crippen LogP contribution is -2.32. The number of aromatic nitrogens is 2. The molecule has 1 atom stereocenters. The summed E-state index contributed by atoms with van der Waals surface area (Å²) in [5.41, 5.74) is 1.58. The molecule has 0 spiro atoms. The van der Waals surface area contributed by atoms with Gasteiger partial charge in [0, 0.05) is 11.6 Å². The Morgan fingerprint density at radius 1 is 1.37 bits per heavy atom. The van der Waals surface area contributed by atoms with Crippen molar-refractivity contribution < 1.29 is 4.79 Å². The molecule has 19 heavy (non-hydrogen) atoms. The summed E-state index contributed by atoms with van der Waals surface area (Å²) in [6.07, 6.45) is 2.02. The van der Waals surface area contributed by atoms with Gasteiger partial charge in [-0.15, -0.1) is 5.10 Å². The third-order valence-corrected chi connectivity index (χ3v) is 3.57. The molecular weight excluding hydrogens is 258 g/mol. The maximum Gasteiger partial charge on any atom is 0.265 e. The van der Waals surface area contributed by atoms with Crippen LogP contribution in [-0.4, -0.2) is 21.5 Å². The lowest BCUT2D eigenvalue weighted by Gasteiger charge is -2.11. The Morgan fingerprint density at radius 2 is 2.11 bits per heavy atom. The number of carbonyl (C=O) groups excluding carboxylic acids is 1. The zero-order valence-electron chi connectivity index (χ0n) is 11.1. The molecule has 1 aromatic carbocycles. The Balaban J connectivity index is 2.18. The predicted octanol–water partition coefficient (Wildman–Crippen LogP) is 3.12. The van der Waals surface area contributed by atoms with Gasteiger partial charge >= 0.3 is 0 Å². The van der Waals surface area contributed by atoms with Crippen LogP contribution in [0.25, 0.3) is 11.3 Å². The maximum absolute atomic E-state index is 12.2. The van der Waals surface area contributed by atoms with Crippen molar-refractivity contribution in [1.82, 2.24) is 14.9 Å². The first-order chi connectivity index (χ1) is 9.22. The molecule has 1 aromatic heterocycles. The Hall–Kier alpha value is -1.75. The highest BCUT2D eigenvalue weighted by Gasteiger charge is 2.18. The lowest BCUT2D eigenvalue weighted by atomic mass is 10.1. The van der Waals surface area contributed by atoms with Crippen molar-refractivity contribution in [3.63, 3.8) is 0 Å². The molecule has 2 aromatic rings. The molecule has 5 heteroatoms. The Morgan fingerprint density at radius 3 is 2.79 bits per heavy atom. The number of carbonyl (C=O) groups is 1. The van der Waals surface area contributed by atoms with Crippen LogP contribution in [0.2, 0.25) is 0 Å². The van der Waals surface area contributed by atoms with Crippen LogP contribution >= 0.6 is 11.5 Å². The maximum atomic E-state index is 12.2. The topological polar surface area (TPSA) is 54.9 Å². The standard InChI is InChI=1S/C14H17N3OS/c1-3-7-10(2)15-14(18)13-12(16-17-19-13)11-8-5-4-6-9-11/h4-6,8-10H,3,7H2,1-2H3,(H,15,18)/t10-/m1/s1. The SMILES string of the molecule is CCC[C@@H](C)NC(=O)c1snnc1-c1ccccc1. The van der Waals surface area contributed by atoms with Gasteiger partial charge in [-0.25, -0.2) is 0 Å². The fourth-order valence-electron chi connectivity index (χ4n) is 1.92. The van der Waals surface area contributed by atoms with Crippen molar-refractivity contribution in [1.29, 1.82) is 0 Å². The predicted molar refractivity (Wildman–Crippen MR) is 77.2 cm³/mol. The summed E-state index contributed by atoms with van der Waals surface area (Å²) in [4.78, 5) is 12.8. The molecule has 0 aliphatic heterocycles. The zero-order chi connectivity index (χ0) is 13.7. The molecule has 1 amide bonds. The van der Waals surface area contributed by atoms with Gasteiger partial charge in [0.15, 0.2) is 0 Å². The van der Waals surface area contributed by atoms with Crippen LogP contribution in [0.15, 0.2) is 30.3 Å². The molecule has 0 aliphatic carbocycles. The summed E-state index contributed by atoms with van der Waals surface area (Å²) in [7, 11) is 0. The smallest absolute Gasteiger partial charge is 0.265 e. The minimum atomic E-state index is -0.0881. The van der Waals surface area contributed by atoms with Gasteiger partial charge in [0.05, 0.1) is 0 Å². The first kappa shape index (κ1) is 13.7. The number of amides is 1. The van der Waals surface area contributed by atoms with Crippen molar-refractivity contribution >= 4 is 17.4 Å². The van der Waals surface area contributed by atoms with Crippen LogP contribution in [0.5, 0.6) is 0 Å². The fraction of sp³-hybridized carbons (Fsp3) is 0.357. The first-order valence-corrected chi connectivity index (χ1v) is 7.18. The van der Waals surface area contributed by atoms with E-state index in [1.54, 1.807) is 0 Å². The second-order valence-corrected chi connectivity index (χ2v) is 5.23. The zero-order valence-corrected chi connectivity index (χ0v) is 11.9. The minimum absolute atomic E-state index is 0.0881. The summed E-state index contributed by atoms with van der Waals surface area (Å²) in [5, 5.41) is 7.05. The molecule has 0 saturated heterocycles. The van der Waals surface area contributed by atoms with E-state index < -0.39 is 0 Å². The highest BCUT2D eigenvalue weighted by Crippen LogP contribution is 2.23.